The summed E-state index contributed by atoms with van der Waals surface area (Å²) >= 11 is 0. The zero-order valence-corrected chi connectivity index (χ0v) is 8.87. The molecule has 0 unspecified atom stereocenters. The Balaban J connectivity index is 2.04. The van der Waals surface area contributed by atoms with E-state index in [0.717, 1.165) is 0 Å². The van der Waals surface area contributed by atoms with Crippen LogP contribution in [-0.4, -0.2) is 11.1 Å². The highest BCUT2D eigenvalue weighted by molar-refractivity contribution is 5.87. The topological polar surface area (TPSA) is 55.8 Å². The van der Waals surface area contributed by atoms with Crippen LogP contribution in [0.15, 0.2) is 54.6 Å². The predicted octanol–water partition coefficient (Wildman–Crippen LogP) is 2.76. The monoisotopic (exact) mass is 230 g/mol. The second kappa shape index (κ2) is 5.03. The van der Waals surface area contributed by atoms with Crippen molar-refractivity contribution in [3.05, 3.63) is 60.2 Å². The molecule has 4 heteroatoms. The molecule has 0 fully saturated rings. The van der Waals surface area contributed by atoms with Gasteiger partial charge in [0.05, 0.1) is 5.56 Å². The van der Waals surface area contributed by atoms with Crippen LogP contribution in [0.3, 0.4) is 0 Å². The first-order valence-electron chi connectivity index (χ1n) is 4.98. The molecule has 0 radical (unpaired) electrons. The quantitative estimate of drug-likeness (QED) is 0.648. The predicted molar refractivity (Wildman–Crippen MR) is 61.1 cm³/mol. The number of rotatable bonds is 4. The van der Waals surface area contributed by atoms with E-state index in [1.807, 2.05) is 18.2 Å². The molecule has 4 nitrogen and oxygen atoms in total. The van der Waals surface area contributed by atoms with E-state index in [4.69, 9.17) is 14.9 Å². The lowest BCUT2D eigenvalue weighted by molar-refractivity contribution is -0.0999. The molecule has 0 aliphatic rings. The summed E-state index contributed by atoms with van der Waals surface area (Å²) < 4.78 is 0. The van der Waals surface area contributed by atoms with Gasteiger partial charge in [0.2, 0.25) is 0 Å². The van der Waals surface area contributed by atoms with Crippen LogP contribution in [0.4, 0.5) is 0 Å². The van der Waals surface area contributed by atoms with E-state index in [-0.39, 0.29) is 5.56 Å². The highest BCUT2D eigenvalue weighted by Crippen LogP contribution is 2.16. The standard InChI is InChI=1S/C13H10O4/c14-13(15)10-5-4-8-12(9-10)17-16-11-6-2-1-3-7-11/h1-9H,(H,14,15). The van der Waals surface area contributed by atoms with Gasteiger partial charge < -0.3 is 5.11 Å². The summed E-state index contributed by atoms with van der Waals surface area (Å²) in [5.41, 5.74) is 0.152. The second-order valence-electron chi connectivity index (χ2n) is 3.31. The molecule has 2 rings (SSSR count). The Morgan fingerprint density at radius 2 is 1.53 bits per heavy atom. The molecular formula is C13H10O4. The van der Waals surface area contributed by atoms with Crippen LogP contribution in [-0.2, 0) is 0 Å². The molecule has 0 spiro atoms. The van der Waals surface area contributed by atoms with Crippen LogP contribution in [0.5, 0.6) is 11.5 Å². The molecule has 0 heterocycles. The highest BCUT2D eigenvalue weighted by atomic mass is 17.2. The number of aromatic carboxylic acids is 1. The summed E-state index contributed by atoms with van der Waals surface area (Å²) in [5.74, 6) is -0.114. The van der Waals surface area contributed by atoms with E-state index in [2.05, 4.69) is 0 Å². The maximum absolute atomic E-state index is 10.7. The lowest BCUT2D eigenvalue weighted by Gasteiger charge is -2.05. The van der Waals surface area contributed by atoms with Crippen LogP contribution >= 0.6 is 0 Å². The summed E-state index contributed by atoms with van der Waals surface area (Å²) in [6.07, 6.45) is 0. The number of hydrogen-bond donors (Lipinski definition) is 1. The van der Waals surface area contributed by atoms with Gasteiger partial charge in [0, 0.05) is 0 Å². The SMILES string of the molecule is O=C(O)c1cccc(OOc2ccccc2)c1. The zero-order valence-electron chi connectivity index (χ0n) is 8.87. The first-order valence-corrected chi connectivity index (χ1v) is 4.98. The second-order valence-corrected chi connectivity index (χ2v) is 3.31. The van der Waals surface area contributed by atoms with E-state index >= 15 is 0 Å². The Morgan fingerprint density at radius 3 is 2.24 bits per heavy atom. The number of carboxylic acids is 1. The van der Waals surface area contributed by atoms with Crippen molar-refractivity contribution in [2.75, 3.05) is 0 Å². The Hall–Kier alpha value is -2.49. The maximum atomic E-state index is 10.7. The molecule has 0 saturated carbocycles. The van der Waals surface area contributed by atoms with Crippen molar-refractivity contribution in [3.8, 4) is 11.5 Å². The van der Waals surface area contributed by atoms with Gasteiger partial charge >= 0.3 is 5.97 Å². The van der Waals surface area contributed by atoms with Gasteiger partial charge in [-0.15, -0.1) is 0 Å². The van der Waals surface area contributed by atoms with Crippen LogP contribution < -0.4 is 9.78 Å². The van der Waals surface area contributed by atoms with E-state index in [1.54, 1.807) is 24.3 Å². The van der Waals surface area contributed by atoms with Crippen molar-refractivity contribution in [1.29, 1.82) is 0 Å². The molecule has 0 aliphatic carbocycles. The first-order chi connectivity index (χ1) is 8.25. The molecule has 0 aliphatic heterocycles. The van der Waals surface area contributed by atoms with Gasteiger partial charge in [0.15, 0.2) is 11.5 Å². The summed E-state index contributed by atoms with van der Waals surface area (Å²) in [4.78, 5) is 20.8. The van der Waals surface area contributed by atoms with Crippen molar-refractivity contribution >= 4 is 5.97 Å². The third kappa shape index (κ3) is 2.98. The zero-order chi connectivity index (χ0) is 12.1. The lowest BCUT2D eigenvalue weighted by atomic mass is 10.2. The van der Waals surface area contributed by atoms with Gasteiger partial charge in [-0.05, 0) is 30.3 Å². The average Bonchev–Trinajstić information content (AvgIpc) is 2.38. The van der Waals surface area contributed by atoms with Gasteiger partial charge in [-0.1, -0.05) is 24.3 Å². The normalized spacial score (nSPS) is 9.65. The third-order valence-corrected chi connectivity index (χ3v) is 2.06. The van der Waals surface area contributed by atoms with Crippen molar-refractivity contribution in [2.45, 2.75) is 0 Å². The molecule has 86 valence electrons. The number of carbonyl (C=O) groups is 1. The van der Waals surface area contributed by atoms with E-state index < -0.39 is 5.97 Å². The minimum atomic E-state index is -1.00. The molecule has 1 N–H and O–H groups in total. The minimum Gasteiger partial charge on any atom is -0.478 e. The van der Waals surface area contributed by atoms with Crippen molar-refractivity contribution in [2.24, 2.45) is 0 Å². The van der Waals surface area contributed by atoms with Gasteiger partial charge in [-0.2, -0.15) is 0 Å². The average molecular weight is 230 g/mol. The number of benzene rings is 2. The van der Waals surface area contributed by atoms with Crippen molar-refractivity contribution in [1.82, 2.24) is 0 Å². The first kappa shape index (κ1) is 11.0. The summed E-state index contributed by atoms with van der Waals surface area (Å²) in [7, 11) is 0. The lowest BCUT2D eigenvalue weighted by Crippen LogP contribution is -2.02. The smallest absolute Gasteiger partial charge is 0.335 e. The third-order valence-electron chi connectivity index (χ3n) is 2.06. The number of carboxylic acid groups (broad SMARTS) is 1. The summed E-state index contributed by atoms with van der Waals surface area (Å²) in [6.45, 7) is 0. The largest absolute Gasteiger partial charge is 0.478 e. The minimum absolute atomic E-state index is 0.152. The summed E-state index contributed by atoms with van der Waals surface area (Å²) in [6, 6.07) is 15.0. The fourth-order valence-corrected chi connectivity index (χ4v) is 1.25. The van der Waals surface area contributed by atoms with Crippen LogP contribution in [0, 0.1) is 0 Å². The van der Waals surface area contributed by atoms with Gasteiger partial charge in [0.1, 0.15) is 0 Å². The molecule has 0 bridgehead atoms. The van der Waals surface area contributed by atoms with Gasteiger partial charge in [0.25, 0.3) is 0 Å². The maximum Gasteiger partial charge on any atom is 0.335 e. The van der Waals surface area contributed by atoms with Crippen molar-refractivity contribution in [3.63, 3.8) is 0 Å². The van der Waals surface area contributed by atoms with Crippen molar-refractivity contribution < 1.29 is 19.7 Å². The molecular weight excluding hydrogens is 220 g/mol. The van der Waals surface area contributed by atoms with Crippen LogP contribution in [0.25, 0.3) is 0 Å². The fraction of sp³-hybridized carbons (Fsp3) is 0. The fourth-order valence-electron chi connectivity index (χ4n) is 1.25. The Bertz CT molecular complexity index is 508. The molecule has 2 aromatic rings. The Labute approximate surface area is 98.0 Å². The van der Waals surface area contributed by atoms with Crippen LogP contribution in [0.2, 0.25) is 0 Å². The number of para-hydroxylation sites is 1. The Kier molecular flexibility index (Phi) is 3.25. The number of hydrogen-bond acceptors (Lipinski definition) is 3. The molecule has 0 saturated heterocycles. The Morgan fingerprint density at radius 1 is 0.882 bits per heavy atom. The van der Waals surface area contributed by atoms with Crippen LogP contribution in [0.1, 0.15) is 10.4 Å². The van der Waals surface area contributed by atoms with E-state index in [9.17, 15) is 4.79 Å². The van der Waals surface area contributed by atoms with Gasteiger partial charge in [-0.3, -0.25) is 9.78 Å². The molecule has 0 atom stereocenters. The molecule has 0 aromatic heterocycles. The molecule has 2 aromatic carbocycles. The molecule has 17 heavy (non-hydrogen) atoms. The summed E-state index contributed by atoms with van der Waals surface area (Å²) in [5, 5.41) is 8.80. The van der Waals surface area contributed by atoms with E-state index in [0.29, 0.717) is 11.5 Å². The van der Waals surface area contributed by atoms with Gasteiger partial charge in [-0.25, -0.2) is 4.79 Å². The van der Waals surface area contributed by atoms with E-state index in [1.165, 1.54) is 12.1 Å². The molecule has 0 amide bonds. The highest BCUT2D eigenvalue weighted by Gasteiger charge is 2.04.